The second kappa shape index (κ2) is 8.45. The summed E-state index contributed by atoms with van der Waals surface area (Å²) in [6.07, 6.45) is 3.34. The smallest absolute Gasteiger partial charge is 0.151 e. The lowest BCUT2D eigenvalue weighted by molar-refractivity contribution is 0.196. The van der Waals surface area contributed by atoms with Crippen molar-refractivity contribution in [1.82, 2.24) is 15.1 Å². The summed E-state index contributed by atoms with van der Waals surface area (Å²) < 4.78 is 0. The Morgan fingerprint density at radius 2 is 2.22 bits per heavy atom. The maximum Gasteiger partial charge on any atom is 0.151 e. The highest BCUT2D eigenvalue weighted by atomic mass is 15.3. The summed E-state index contributed by atoms with van der Waals surface area (Å²) in [6, 6.07) is 8.87. The fraction of sp³-hybridized carbons (Fsp3) is 0.647. The van der Waals surface area contributed by atoms with E-state index < -0.39 is 0 Å². The first-order valence-corrected chi connectivity index (χ1v) is 8.16. The molecule has 122 valence electrons. The van der Waals surface area contributed by atoms with Crippen LogP contribution >= 0.6 is 0 Å². The molecule has 1 fully saturated rings. The van der Waals surface area contributed by atoms with Crippen LogP contribution < -0.4 is 4.90 Å². The van der Waals surface area contributed by atoms with Crippen molar-refractivity contribution < 1.29 is 0 Å². The highest BCUT2D eigenvalue weighted by Crippen LogP contribution is 2.21. The molecule has 0 radical (unpaired) electrons. The van der Waals surface area contributed by atoms with E-state index >= 15 is 0 Å². The van der Waals surface area contributed by atoms with Gasteiger partial charge in [-0.15, -0.1) is 5.10 Å². The molecule has 0 aliphatic carbocycles. The molecule has 1 saturated heterocycles. The quantitative estimate of drug-likeness (QED) is 0.800. The van der Waals surface area contributed by atoms with E-state index in [2.05, 4.69) is 39.2 Å². The molecular weight excluding hydrogens is 288 g/mol. The van der Waals surface area contributed by atoms with Crippen LogP contribution in [0.2, 0.25) is 0 Å². The second-order valence-corrected chi connectivity index (χ2v) is 6.24. The van der Waals surface area contributed by atoms with Gasteiger partial charge in [0.05, 0.1) is 23.8 Å². The van der Waals surface area contributed by atoms with E-state index in [-0.39, 0.29) is 5.92 Å². The Bertz CT molecular complexity index is 570. The van der Waals surface area contributed by atoms with E-state index in [1.54, 1.807) is 0 Å². The molecule has 0 spiro atoms. The molecule has 0 unspecified atom stereocenters. The van der Waals surface area contributed by atoms with Crippen LogP contribution in [0.5, 0.6) is 0 Å². The first kappa shape index (κ1) is 17.2. The molecule has 0 bridgehead atoms. The van der Waals surface area contributed by atoms with Gasteiger partial charge in [-0.2, -0.15) is 15.6 Å². The van der Waals surface area contributed by atoms with E-state index in [1.165, 1.54) is 0 Å². The van der Waals surface area contributed by atoms with Gasteiger partial charge in [0.1, 0.15) is 0 Å². The normalized spacial score (nSPS) is 19.2. The first-order chi connectivity index (χ1) is 11.1. The summed E-state index contributed by atoms with van der Waals surface area (Å²) in [7, 11) is 2.08. The number of rotatable bonds is 6. The standard InChI is InChI=1S/C17H24N6/c1-14-7-8-17(21-20-14)23-10-4-6-16(13-23)22(2)12-15(11-19)5-3-9-18/h7-8,15-16H,3-6,10,12-13H2,1-2H3/t15-,16-/m1/s1. The maximum atomic E-state index is 9.24. The number of hydrogen-bond acceptors (Lipinski definition) is 6. The number of hydrogen-bond donors (Lipinski definition) is 0. The summed E-state index contributed by atoms with van der Waals surface area (Å²) in [5.41, 5.74) is 0.925. The number of piperidine rings is 1. The Balaban J connectivity index is 1.93. The molecule has 6 nitrogen and oxygen atoms in total. The van der Waals surface area contributed by atoms with Gasteiger partial charge in [-0.3, -0.25) is 0 Å². The van der Waals surface area contributed by atoms with Crippen molar-refractivity contribution in [2.75, 3.05) is 31.6 Å². The predicted molar refractivity (Wildman–Crippen MR) is 88.6 cm³/mol. The SMILES string of the molecule is Cc1ccc(N2CCC[C@@H](N(C)C[C@@H](C#N)CCC#N)C2)nn1. The zero-order chi connectivity index (χ0) is 16.7. The lowest BCUT2D eigenvalue weighted by Gasteiger charge is -2.38. The molecule has 0 amide bonds. The molecule has 2 rings (SSSR count). The highest BCUT2D eigenvalue weighted by molar-refractivity contribution is 5.38. The van der Waals surface area contributed by atoms with Crippen LogP contribution in [0.3, 0.4) is 0 Å². The summed E-state index contributed by atoms with van der Waals surface area (Å²) in [4.78, 5) is 4.53. The second-order valence-electron chi connectivity index (χ2n) is 6.24. The summed E-state index contributed by atoms with van der Waals surface area (Å²) in [6.45, 7) is 4.56. The zero-order valence-electron chi connectivity index (χ0n) is 13.9. The minimum Gasteiger partial charge on any atom is -0.354 e. The van der Waals surface area contributed by atoms with Crippen molar-refractivity contribution in [3.05, 3.63) is 17.8 Å². The van der Waals surface area contributed by atoms with E-state index in [1.807, 2.05) is 19.1 Å². The molecule has 0 saturated carbocycles. The predicted octanol–water partition coefficient (Wildman–Crippen LogP) is 2.13. The van der Waals surface area contributed by atoms with Crippen LogP contribution in [0.1, 0.15) is 31.4 Å². The molecule has 1 aliphatic heterocycles. The summed E-state index contributed by atoms with van der Waals surface area (Å²) in [5, 5.41) is 26.3. The average Bonchev–Trinajstić information content (AvgIpc) is 2.59. The number of aryl methyl sites for hydroxylation is 1. The molecule has 2 atom stereocenters. The van der Waals surface area contributed by atoms with E-state index in [9.17, 15) is 5.26 Å². The molecule has 1 aromatic rings. The lowest BCUT2D eigenvalue weighted by Crippen LogP contribution is -2.48. The summed E-state index contributed by atoms with van der Waals surface area (Å²) >= 11 is 0. The maximum absolute atomic E-state index is 9.24. The third kappa shape index (κ3) is 4.91. The lowest BCUT2D eigenvalue weighted by atomic mass is 10.0. The third-order valence-corrected chi connectivity index (χ3v) is 4.42. The summed E-state index contributed by atoms with van der Waals surface area (Å²) in [5.74, 6) is 0.851. The number of anilines is 1. The Hall–Kier alpha value is -2.18. The minimum absolute atomic E-state index is 0.0748. The van der Waals surface area contributed by atoms with Crippen LogP contribution in [0.15, 0.2) is 12.1 Å². The fourth-order valence-electron chi connectivity index (χ4n) is 3.02. The average molecular weight is 312 g/mol. The topological polar surface area (TPSA) is 79.8 Å². The van der Waals surface area contributed by atoms with Crippen molar-refractivity contribution in [2.45, 2.75) is 38.6 Å². The van der Waals surface area contributed by atoms with Gasteiger partial charge in [-0.05, 0) is 45.4 Å². The molecule has 0 N–H and O–H groups in total. The van der Waals surface area contributed by atoms with Gasteiger partial charge >= 0.3 is 0 Å². The van der Waals surface area contributed by atoms with Crippen molar-refractivity contribution in [2.24, 2.45) is 5.92 Å². The molecular formula is C17H24N6. The molecule has 1 aliphatic rings. The van der Waals surface area contributed by atoms with Crippen LogP contribution in [0.25, 0.3) is 0 Å². The highest BCUT2D eigenvalue weighted by Gasteiger charge is 2.25. The van der Waals surface area contributed by atoms with Gasteiger partial charge < -0.3 is 9.80 Å². The number of nitriles is 2. The van der Waals surface area contributed by atoms with Crippen LogP contribution in [0, 0.1) is 35.5 Å². The van der Waals surface area contributed by atoms with Crippen LogP contribution in [-0.2, 0) is 0 Å². The zero-order valence-corrected chi connectivity index (χ0v) is 13.9. The Labute approximate surface area is 138 Å². The van der Waals surface area contributed by atoms with Gasteiger partial charge in [0.15, 0.2) is 5.82 Å². The van der Waals surface area contributed by atoms with Gasteiger partial charge in [0.25, 0.3) is 0 Å². The van der Waals surface area contributed by atoms with E-state index in [0.29, 0.717) is 18.9 Å². The van der Waals surface area contributed by atoms with Crippen molar-refractivity contribution >= 4 is 5.82 Å². The van der Waals surface area contributed by atoms with E-state index in [4.69, 9.17) is 5.26 Å². The van der Waals surface area contributed by atoms with Gasteiger partial charge in [0, 0.05) is 32.1 Å². The first-order valence-electron chi connectivity index (χ1n) is 8.16. The molecule has 6 heteroatoms. The van der Waals surface area contributed by atoms with Crippen LogP contribution in [0.4, 0.5) is 5.82 Å². The minimum atomic E-state index is -0.0748. The van der Waals surface area contributed by atoms with Crippen molar-refractivity contribution in [3.8, 4) is 12.1 Å². The van der Waals surface area contributed by atoms with Crippen molar-refractivity contribution in [3.63, 3.8) is 0 Å². The van der Waals surface area contributed by atoms with Gasteiger partial charge in [-0.25, -0.2) is 0 Å². The fourth-order valence-corrected chi connectivity index (χ4v) is 3.02. The number of aromatic nitrogens is 2. The Morgan fingerprint density at radius 3 is 2.87 bits per heavy atom. The van der Waals surface area contributed by atoms with Crippen molar-refractivity contribution in [1.29, 1.82) is 10.5 Å². The number of nitrogens with zero attached hydrogens (tertiary/aromatic N) is 6. The Morgan fingerprint density at radius 1 is 1.39 bits per heavy atom. The Kier molecular flexibility index (Phi) is 6.31. The largest absolute Gasteiger partial charge is 0.354 e. The van der Waals surface area contributed by atoms with Gasteiger partial charge in [-0.1, -0.05) is 0 Å². The molecule has 0 aromatic carbocycles. The molecule has 23 heavy (non-hydrogen) atoms. The van der Waals surface area contributed by atoms with E-state index in [0.717, 1.165) is 44.0 Å². The molecule has 1 aromatic heterocycles. The monoisotopic (exact) mass is 312 g/mol. The van der Waals surface area contributed by atoms with Crippen LogP contribution in [-0.4, -0.2) is 47.8 Å². The third-order valence-electron chi connectivity index (χ3n) is 4.42. The molecule has 2 heterocycles. The number of likely N-dealkylation sites (N-methyl/N-ethyl adjacent to an activating group) is 1. The van der Waals surface area contributed by atoms with Gasteiger partial charge in [0.2, 0.25) is 0 Å².